The van der Waals surface area contributed by atoms with Crippen LogP contribution >= 0.6 is 0 Å². The molecule has 0 aliphatic heterocycles. The molecule has 0 heterocycles. The zero-order chi connectivity index (χ0) is 18.6. The van der Waals surface area contributed by atoms with E-state index in [-0.39, 0.29) is 0 Å². The Balaban J connectivity index is 5.12. The molecule has 0 radical (unpaired) electrons. The van der Waals surface area contributed by atoms with E-state index in [1.807, 2.05) is 0 Å². The summed E-state index contributed by atoms with van der Waals surface area (Å²) in [5, 5.41) is 0. The van der Waals surface area contributed by atoms with Crippen LogP contribution in [0.15, 0.2) is 11.6 Å². The summed E-state index contributed by atoms with van der Waals surface area (Å²) in [6.07, 6.45) is 16.1. The molecule has 0 aliphatic rings. The molecule has 0 rings (SSSR count). The molecule has 144 valence electrons. The zero-order valence-corrected chi connectivity index (χ0v) is 18.4. The van der Waals surface area contributed by atoms with Gasteiger partial charge in [0, 0.05) is 0 Å². The zero-order valence-electron chi connectivity index (χ0n) is 18.4. The maximum Gasteiger partial charge on any atom is -0.0139 e. The third-order valence-electron chi connectivity index (χ3n) is 6.22. The van der Waals surface area contributed by atoms with Gasteiger partial charge in [0.05, 0.1) is 0 Å². The number of rotatable bonds is 14. The van der Waals surface area contributed by atoms with E-state index in [9.17, 15) is 0 Å². The molecule has 0 aromatic carbocycles. The number of unbranched alkanes of at least 4 members (excludes halogenated alkanes) is 1. The van der Waals surface area contributed by atoms with E-state index in [4.69, 9.17) is 0 Å². The van der Waals surface area contributed by atoms with Gasteiger partial charge in [-0.1, -0.05) is 105 Å². The predicted octanol–water partition coefficient (Wildman–Crippen LogP) is 8.81. The van der Waals surface area contributed by atoms with Gasteiger partial charge in [-0.25, -0.2) is 0 Å². The summed E-state index contributed by atoms with van der Waals surface area (Å²) in [7, 11) is 0. The number of hydrogen-bond donors (Lipinski definition) is 0. The topological polar surface area (TPSA) is 0 Å². The molecule has 0 aromatic rings. The smallest absolute Gasteiger partial charge is 0.0139 e. The van der Waals surface area contributed by atoms with Crippen molar-refractivity contribution in [1.29, 1.82) is 0 Å². The van der Waals surface area contributed by atoms with E-state index in [0.29, 0.717) is 5.41 Å². The van der Waals surface area contributed by atoms with Crippen molar-refractivity contribution in [1.82, 2.24) is 0 Å². The maximum atomic E-state index is 2.52. The maximum absolute atomic E-state index is 2.52. The lowest BCUT2D eigenvalue weighted by molar-refractivity contribution is 0.258. The van der Waals surface area contributed by atoms with E-state index >= 15 is 0 Å². The van der Waals surface area contributed by atoms with E-state index in [1.54, 1.807) is 5.57 Å². The molecule has 0 bridgehead atoms. The first kappa shape index (κ1) is 23.7. The van der Waals surface area contributed by atoms with Gasteiger partial charge in [-0.15, -0.1) is 0 Å². The lowest BCUT2D eigenvalue weighted by Gasteiger charge is -2.37. The third kappa shape index (κ3) is 8.72. The van der Waals surface area contributed by atoms with E-state index < -0.39 is 0 Å². The van der Waals surface area contributed by atoms with E-state index in [1.165, 1.54) is 64.2 Å². The molecule has 0 N–H and O–H groups in total. The second kappa shape index (κ2) is 13.0. The van der Waals surface area contributed by atoms with Gasteiger partial charge >= 0.3 is 0 Å². The SMILES string of the molecule is CC=C(C(CCCC)CCC(C)CC)C(C)(C)CC(CC)CCC. The van der Waals surface area contributed by atoms with Crippen LogP contribution in [-0.2, 0) is 0 Å². The molecule has 0 saturated heterocycles. The van der Waals surface area contributed by atoms with Crippen LogP contribution in [0.4, 0.5) is 0 Å². The monoisotopic (exact) mass is 336 g/mol. The Labute approximate surface area is 154 Å². The summed E-state index contributed by atoms with van der Waals surface area (Å²) in [4.78, 5) is 0. The molecule has 0 nitrogen and oxygen atoms in total. The van der Waals surface area contributed by atoms with Crippen molar-refractivity contribution in [2.75, 3.05) is 0 Å². The Hall–Kier alpha value is -0.260. The Morgan fingerprint density at radius 1 is 0.875 bits per heavy atom. The minimum atomic E-state index is 0.360. The Kier molecular flexibility index (Phi) is 12.9. The molecule has 0 aliphatic carbocycles. The normalized spacial score (nSPS) is 16.9. The van der Waals surface area contributed by atoms with Gasteiger partial charge in [-0.05, 0) is 49.4 Å². The van der Waals surface area contributed by atoms with Crippen LogP contribution in [-0.4, -0.2) is 0 Å². The van der Waals surface area contributed by atoms with Crippen molar-refractivity contribution in [2.45, 2.75) is 120 Å². The fraction of sp³-hybridized carbons (Fsp3) is 0.917. The minimum Gasteiger partial charge on any atom is -0.0876 e. The highest BCUT2D eigenvalue weighted by atomic mass is 14.4. The lowest BCUT2D eigenvalue weighted by Crippen LogP contribution is -2.25. The molecule has 0 saturated carbocycles. The standard InChI is InChI=1S/C24H48/c1-9-14-16-22(18-17-20(6)11-3)23(13-5)24(7,8)19-21(12-4)15-10-2/h13,20-22H,9-12,14-19H2,1-8H3. The quantitative estimate of drug-likeness (QED) is 0.278. The summed E-state index contributed by atoms with van der Waals surface area (Å²) in [6, 6.07) is 0. The molecule has 0 heteroatoms. The van der Waals surface area contributed by atoms with Gasteiger partial charge in [0.2, 0.25) is 0 Å². The van der Waals surface area contributed by atoms with Crippen LogP contribution in [0.5, 0.6) is 0 Å². The average molecular weight is 337 g/mol. The second-order valence-electron chi connectivity index (χ2n) is 8.82. The highest BCUT2D eigenvalue weighted by Gasteiger charge is 2.30. The van der Waals surface area contributed by atoms with Crippen molar-refractivity contribution in [3.05, 3.63) is 11.6 Å². The average Bonchev–Trinajstić information content (AvgIpc) is 2.55. The van der Waals surface area contributed by atoms with Gasteiger partial charge in [0.1, 0.15) is 0 Å². The van der Waals surface area contributed by atoms with Crippen LogP contribution in [0.2, 0.25) is 0 Å². The molecule has 0 fully saturated rings. The van der Waals surface area contributed by atoms with E-state index in [2.05, 4.69) is 61.5 Å². The summed E-state index contributed by atoms with van der Waals surface area (Å²) in [5.74, 6) is 2.57. The Morgan fingerprint density at radius 2 is 1.54 bits per heavy atom. The van der Waals surface area contributed by atoms with Gasteiger partial charge in [0.15, 0.2) is 0 Å². The first-order chi connectivity index (χ1) is 11.4. The van der Waals surface area contributed by atoms with Crippen molar-refractivity contribution >= 4 is 0 Å². The summed E-state index contributed by atoms with van der Waals surface area (Å²) in [5.41, 5.74) is 2.12. The summed E-state index contributed by atoms with van der Waals surface area (Å²) in [6.45, 7) is 19.1. The van der Waals surface area contributed by atoms with Gasteiger partial charge in [0.25, 0.3) is 0 Å². The van der Waals surface area contributed by atoms with Gasteiger partial charge in [-0.3, -0.25) is 0 Å². The van der Waals surface area contributed by atoms with Crippen molar-refractivity contribution in [2.24, 2.45) is 23.2 Å². The van der Waals surface area contributed by atoms with Gasteiger partial charge in [-0.2, -0.15) is 0 Å². The molecule has 0 amide bonds. The Morgan fingerprint density at radius 3 is 2.00 bits per heavy atom. The van der Waals surface area contributed by atoms with Crippen LogP contribution in [0, 0.1) is 23.2 Å². The molecular formula is C24H48. The fourth-order valence-corrected chi connectivity index (χ4v) is 4.47. The highest BCUT2D eigenvalue weighted by Crippen LogP contribution is 2.43. The highest BCUT2D eigenvalue weighted by molar-refractivity contribution is 5.15. The molecule has 24 heavy (non-hydrogen) atoms. The second-order valence-corrected chi connectivity index (χ2v) is 8.82. The Bertz CT molecular complexity index is 323. The van der Waals surface area contributed by atoms with Crippen LogP contribution in [0.25, 0.3) is 0 Å². The lowest BCUT2D eigenvalue weighted by atomic mass is 9.68. The number of hydrogen-bond acceptors (Lipinski definition) is 0. The van der Waals surface area contributed by atoms with Crippen molar-refractivity contribution in [3.8, 4) is 0 Å². The molecular weight excluding hydrogens is 288 g/mol. The molecule has 0 spiro atoms. The summed E-state index contributed by atoms with van der Waals surface area (Å²) >= 11 is 0. The third-order valence-corrected chi connectivity index (χ3v) is 6.22. The van der Waals surface area contributed by atoms with Crippen molar-refractivity contribution in [3.63, 3.8) is 0 Å². The van der Waals surface area contributed by atoms with Crippen molar-refractivity contribution < 1.29 is 0 Å². The fourth-order valence-electron chi connectivity index (χ4n) is 4.47. The van der Waals surface area contributed by atoms with Gasteiger partial charge < -0.3 is 0 Å². The largest absolute Gasteiger partial charge is 0.0876 e. The number of allylic oxidation sites excluding steroid dienone is 2. The predicted molar refractivity (Wildman–Crippen MR) is 113 cm³/mol. The molecule has 3 atom stereocenters. The van der Waals surface area contributed by atoms with E-state index in [0.717, 1.165) is 17.8 Å². The van der Waals surface area contributed by atoms with Crippen LogP contribution < -0.4 is 0 Å². The first-order valence-corrected chi connectivity index (χ1v) is 11.0. The van der Waals surface area contributed by atoms with Crippen LogP contribution in [0.1, 0.15) is 120 Å². The minimum absolute atomic E-state index is 0.360. The molecule has 3 unspecified atom stereocenters. The molecule has 0 aromatic heterocycles. The first-order valence-electron chi connectivity index (χ1n) is 11.0. The van der Waals surface area contributed by atoms with Crippen LogP contribution in [0.3, 0.4) is 0 Å². The summed E-state index contributed by atoms with van der Waals surface area (Å²) < 4.78 is 0.